The van der Waals surface area contributed by atoms with Crippen LogP contribution in [0.2, 0.25) is 0 Å². The largest absolute Gasteiger partial charge is 0.457 e. The Morgan fingerprint density at radius 1 is 1.20 bits per heavy atom. The van der Waals surface area contributed by atoms with Crippen LogP contribution in [0.15, 0.2) is 30.3 Å². The average molecular weight is 206 g/mol. The SMILES string of the molecule is c1ccc(OC2(C3CCC3)COO2)cc1. The molecule has 3 heteroatoms. The average Bonchev–Trinajstić information content (AvgIpc) is 2.13. The van der Waals surface area contributed by atoms with Crippen LogP contribution in [0.1, 0.15) is 19.3 Å². The Morgan fingerprint density at radius 3 is 2.40 bits per heavy atom. The molecule has 1 heterocycles. The summed E-state index contributed by atoms with van der Waals surface area (Å²) in [6.45, 7) is 0.548. The van der Waals surface area contributed by atoms with E-state index in [0.717, 1.165) is 5.75 Å². The molecule has 0 amide bonds. The van der Waals surface area contributed by atoms with Gasteiger partial charge in [0.15, 0.2) is 6.61 Å². The molecule has 15 heavy (non-hydrogen) atoms. The molecule has 0 N–H and O–H groups in total. The number of ether oxygens (including phenoxy) is 1. The van der Waals surface area contributed by atoms with Crippen molar-refractivity contribution < 1.29 is 14.5 Å². The summed E-state index contributed by atoms with van der Waals surface area (Å²) in [6.07, 6.45) is 3.63. The topological polar surface area (TPSA) is 27.7 Å². The van der Waals surface area contributed by atoms with Crippen LogP contribution in [0.5, 0.6) is 5.75 Å². The fourth-order valence-corrected chi connectivity index (χ4v) is 2.03. The molecule has 1 atom stereocenters. The Bertz CT molecular complexity index is 328. The summed E-state index contributed by atoms with van der Waals surface area (Å²) >= 11 is 0. The van der Waals surface area contributed by atoms with Crippen molar-refractivity contribution in [1.82, 2.24) is 0 Å². The van der Waals surface area contributed by atoms with E-state index >= 15 is 0 Å². The minimum Gasteiger partial charge on any atom is -0.457 e. The van der Waals surface area contributed by atoms with Gasteiger partial charge in [-0.3, -0.25) is 0 Å². The fourth-order valence-electron chi connectivity index (χ4n) is 2.03. The van der Waals surface area contributed by atoms with Crippen molar-refractivity contribution in [2.24, 2.45) is 5.92 Å². The lowest BCUT2D eigenvalue weighted by Crippen LogP contribution is -2.59. The normalized spacial score (nSPS) is 30.4. The third-order valence-corrected chi connectivity index (χ3v) is 3.22. The van der Waals surface area contributed by atoms with Crippen molar-refractivity contribution in [3.8, 4) is 5.75 Å². The Balaban J connectivity index is 1.74. The van der Waals surface area contributed by atoms with Gasteiger partial charge in [0.05, 0.1) is 0 Å². The minimum atomic E-state index is -0.500. The summed E-state index contributed by atoms with van der Waals surface area (Å²) in [6, 6.07) is 9.79. The van der Waals surface area contributed by atoms with Gasteiger partial charge in [0.25, 0.3) is 5.79 Å². The molecule has 0 spiro atoms. The molecule has 1 saturated carbocycles. The lowest BCUT2D eigenvalue weighted by Gasteiger charge is -2.47. The van der Waals surface area contributed by atoms with E-state index in [9.17, 15) is 0 Å². The predicted molar refractivity (Wildman–Crippen MR) is 54.2 cm³/mol. The molecule has 0 radical (unpaired) electrons. The summed E-state index contributed by atoms with van der Waals surface area (Å²) < 4.78 is 5.89. The molecule has 0 aromatic heterocycles. The third kappa shape index (κ3) is 1.52. The first kappa shape index (κ1) is 9.19. The van der Waals surface area contributed by atoms with Gasteiger partial charge < -0.3 is 4.74 Å². The van der Waals surface area contributed by atoms with Crippen LogP contribution in [0, 0.1) is 5.92 Å². The first-order valence-corrected chi connectivity index (χ1v) is 5.44. The zero-order valence-electron chi connectivity index (χ0n) is 8.52. The second kappa shape index (κ2) is 3.51. The van der Waals surface area contributed by atoms with Crippen molar-refractivity contribution in [2.75, 3.05) is 6.61 Å². The summed E-state index contributed by atoms with van der Waals surface area (Å²) in [5, 5.41) is 0. The maximum absolute atomic E-state index is 5.89. The molecule has 3 nitrogen and oxygen atoms in total. The first-order valence-electron chi connectivity index (χ1n) is 5.44. The van der Waals surface area contributed by atoms with Crippen LogP contribution in [0.25, 0.3) is 0 Å². The van der Waals surface area contributed by atoms with Crippen LogP contribution >= 0.6 is 0 Å². The van der Waals surface area contributed by atoms with E-state index in [-0.39, 0.29) is 0 Å². The van der Waals surface area contributed by atoms with Gasteiger partial charge in [-0.1, -0.05) is 24.6 Å². The van der Waals surface area contributed by atoms with Gasteiger partial charge in [0, 0.05) is 5.92 Å². The molecule has 80 valence electrons. The van der Waals surface area contributed by atoms with Crippen LogP contribution < -0.4 is 4.74 Å². The van der Waals surface area contributed by atoms with Gasteiger partial charge in [-0.2, -0.15) is 4.89 Å². The summed E-state index contributed by atoms with van der Waals surface area (Å²) in [5.74, 6) is 0.846. The fraction of sp³-hybridized carbons (Fsp3) is 0.500. The highest BCUT2D eigenvalue weighted by Gasteiger charge is 2.53. The van der Waals surface area contributed by atoms with Crippen LogP contribution in [-0.4, -0.2) is 12.4 Å². The molecule has 1 aromatic carbocycles. The molecule has 2 aliphatic rings. The molecule has 2 fully saturated rings. The zero-order valence-corrected chi connectivity index (χ0v) is 8.52. The summed E-state index contributed by atoms with van der Waals surface area (Å²) in [4.78, 5) is 10.0. The third-order valence-electron chi connectivity index (χ3n) is 3.22. The van der Waals surface area contributed by atoms with Gasteiger partial charge >= 0.3 is 0 Å². The lowest BCUT2D eigenvalue weighted by atomic mass is 9.78. The van der Waals surface area contributed by atoms with E-state index in [1.165, 1.54) is 19.3 Å². The Labute approximate surface area is 88.9 Å². The molecule has 1 aliphatic heterocycles. The molecule has 1 aromatic rings. The molecule has 1 saturated heterocycles. The maximum atomic E-state index is 5.89. The van der Waals surface area contributed by atoms with Gasteiger partial charge in [-0.15, -0.1) is 0 Å². The van der Waals surface area contributed by atoms with Crippen molar-refractivity contribution in [2.45, 2.75) is 25.0 Å². The Hall–Kier alpha value is -1.06. The molecule has 1 aliphatic carbocycles. The van der Waals surface area contributed by atoms with E-state index in [4.69, 9.17) is 14.5 Å². The number of para-hydroxylation sites is 1. The first-order chi connectivity index (χ1) is 7.39. The maximum Gasteiger partial charge on any atom is 0.269 e. The molecule has 0 bridgehead atoms. The summed E-state index contributed by atoms with van der Waals surface area (Å²) in [7, 11) is 0. The Morgan fingerprint density at radius 2 is 1.93 bits per heavy atom. The van der Waals surface area contributed by atoms with E-state index in [1.54, 1.807) is 0 Å². The number of benzene rings is 1. The van der Waals surface area contributed by atoms with Crippen molar-refractivity contribution in [3.05, 3.63) is 30.3 Å². The quantitative estimate of drug-likeness (QED) is 0.711. The highest BCUT2D eigenvalue weighted by atomic mass is 17.3. The highest BCUT2D eigenvalue weighted by Crippen LogP contribution is 2.43. The van der Waals surface area contributed by atoms with Gasteiger partial charge in [0.2, 0.25) is 0 Å². The number of rotatable bonds is 3. The number of hydrogen-bond donors (Lipinski definition) is 0. The summed E-state index contributed by atoms with van der Waals surface area (Å²) in [5.41, 5.74) is 0. The van der Waals surface area contributed by atoms with E-state index in [2.05, 4.69) is 0 Å². The number of hydrogen-bond acceptors (Lipinski definition) is 3. The lowest BCUT2D eigenvalue weighted by molar-refractivity contribution is -0.537. The van der Waals surface area contributed by atoms with Crippen LogP contribution in [0.3, 0.4) is 0 Å². The molecular formula is C12H14O3. The van der Waals surface area contributed by atoms with Crippen LogP contribution in [-0.2, 0) is 9.78 Å². The van der Waals surface area contributed by atoms with Gasteiger partial charge in [-0.25, -0.2) is 4.89 Å². The van der Waals surface area contributed by atoms with E-state index < -0.39 is 5.79 Å². The second-order valence-corrected chi connectivity index (χ2v) is 4.20. The standard InChI is InChI=1S/C12H14O3/c1-2-7-11(8-3-1)14-12(9-13-15-12)10-5-4-6-10/h1-3,7-8,10H,4-6,9H2. The minimum absolute atomic E-state index is 0.492. The molecule has 1 unspecified atom stereocenters. The zero-order chi connectivity index (χ0) is 10.1. The van der Waals surface area contributed by atoms with E-state index in [1.807, 2.05) is 30.3 Å². The van der Waals surface area contributed by atoms with Crippen molar-refractivity contribution >= 4 is 0 Å². The smallest absolute Gasteiger partial charge is 0.269 e. The van der Waals surface area contributed by atoms with Gasteiger partial charge in [-0.05, 0) is 25.0 Å². The molecule has 3 rings (SSSR count). The predicted octanol–water partition coefficient (Wildman–Crippen LogP) is 2.52. The van der Waals surface area contributed by atoms with E-state index in [0.29, 0.717) is 12.5 Å². The van der Waals surface area contributed by atoms with Crippen molar-refractivity contribution in [1.29, 1.82) is 0 Å². The monoisotopic (exact) mass is 206 g/mol. The van der Waals surface area contributed by atoms with Crippen molar-refractivity contribution in [3.63, 3.8) is 0 Å². The second-order valence-electron chi connectivity index (χ2n) is 4.20. The molecular weight excluding hydrogens is 192 g/mol. The van der Waals surface area contributed by atoms with Gasteiger partial charge in [0.1, 0.15) is 5.75 Å². The highest BCUT2D eigenvalue weighted by molar-refractivity contribution is 5.22. The van der Waals surface area contributed by atoms with Crippen LogP contribution in [0.4, 0.5) is 0 Å². The Kier molecular flexibility index (Phi) is 2.15.